The van der Waals surface area contributed by atoms with Crippen LogP contribution in [0.1, 0.15) is 34.1 Å². The van der Waals surface area contributed by atoms with Crippen molar-refractivity contribution in [3.63, 3.8) is 0 Å². The molecule has 33 heavy (non-hydrogen) atoms. The Labute approximate surface area is 195 Å². The molecule has 1 heterocycles. The summed E-state index contributed by atoms with van der Waals surface area (Å²) in [6.07, 6.45) is 0.639. The van der Waals surface area contributed by atoms with Gasteiger partial charge in [-0.15, -0.1) is 0 Å². The Morgan fingerprint density at radius 2 is 1.82 bits per heavy atom. The Hall–Kier alpha value is -3.22. The number of hydrogen-bond donors (Lipinski definition) is 2. The van der Waals surface area contributed by atoms with Gasteiger partial charge in [0.1, 0.15) is 4.90 Å². The van der Waals surface area contributed by atoms with Crippen LogP contribution in [0.5, 0.6) is 5.88 Å². The molecular weight excluding hydrogens is 478 g/mol. The Morgan fingerprint density at radius 3 is 2.42 bits per heavy atom. The topological polar surface area (TPSA) is 150 Å². The van der Waals surface area contributed by atoms with E-state index in [0.717, 1.165) is 19.4 Å². The molecule has 2 rings (SSSR count). The van der Waals surface area contributed by atoms with E-state index in [-0.39, 0.29) is 26.9 Å². The smallest absolute Gasteiger partial charge is 0.437 e. The van der Waals surface area contributed by atoms with Crippen LogP contribution in [0.15, 0.2) is 41.4 Å². The summed E-state index contributed by atoms with van der Waals surface area (Å²) >= 11 is 6.07. The Balaban J connectivity index is 2.04. The first-order chi connectivity index (χ1) is 15.7. The van der Waals surface area contributed by atoms with Gasteiger partial charge in [-0.2, -0.15) is 0 Å². The molecule has 0 saturated carbocycles. The van der Waals surface area contributed by atoms with Gasteiger partial charge in [-0.3, -0.25) is 9.59 Å². The third kappa shape index (κ3) is 7.70. The van der Waals surface area contributed by atoms with Gasteiger partial charge in [0, 0.05) is 37.6 Å². The maximum Gasteiger partial charge on any atom is 0.514 e. The average molecular weight is 500 g/mol. The normalized spacial score (nSPS) is 10.9. The van der Waals surface area contributed by atoms with Crippen LogP contribution in [0.4, 0.5) is 4.79 Å². The van der Waals surface area contributed by atoms with E-state index in [9.17, 15) is 22.8 Å². The highest BCUT2D eigenvalue weighted by Gasteiger charge is 2.23. The fourth-order valence-corrected chi connectivity index (χ4v) is 3.94. The highest BCUT2D eigenvalue weighted by molar-refractivity contribution is 7.90. The lowest BCUT2D eigenvalue weighted by molar-refractivity contribution is 0.0941. The van der Waals surface area contributed by atoms with Crippen LogP contribution in [0.3, 0.4) is 0 Å². The van der Waals surface area contributed by atoms with Gasteiger partial charge in [-0.25, -0.2) is 22.9 Å². The first-order valence-electron chi connectivity index (χ1n) is 9.62. The van der Waals surface area contributed by atoms with Gasteiger partial charge in [0.15, 0.2) is 0 Å². The van der Waals surface area contributed by atoms with Crippen LogP contribution < -0.4 is 14.8 Å². The third-order valence-electron chi connectivity index (χ3n) is 4.02. The number of aromatic nitrogens is 1. The molecule has 0 bridgehead atoms. The number of nitrogens with one attached hydrogen (secondary N) is 2. The monoisotopic (exact) mass is 499 g/mol. The molecule has 178 valence electrons. The minimum Gasteiger partial charge on any atom is -0.437 e. The van der Waals surface area contributed by atoms with Gasteiger partial charge in [0.05, 0.1) is 17.7 Å². The highest BCUT2D eigenvalue weighted by atomic mass is 35.5. The van der Waals surface area contributed by atoms with Crippen LogP contribution in [-0.2, 0) is 19.5 Å². The minimum absolute atomic E-state index is 0.116. The van der Waals surface area contributed by atoms with Crippen molar-refractivity contribution in [1.29, 1.82) is 0 Å². The number of benzene rings is 1. The molecule has 0 aliphatic carbocycles. The predicted octanol–water partition coefficient (Wildman–Crippen LogP) is 2.16. The lowest BCUT2D eigenvalue weighted by atomic mass is 10.2. The summed E-state index contributed by atoms with van der Waals surface area (Å²) in [5.74, 6) is -1.56. The van der Waals surface area contributed by atoms with E-state index in [2.05, 4.69) is 19.8 Å². The lowest BCUT2D eigenvalue weighted by Crippen LogP contribution is -2.31. The summed E-state index contributed by atoms with van der Waals surface area (Å²) in [6, 6.07) is 5.99. The molecule has 1 aromatic heterocycles. The molecule has 0 saturated heterocycles. The Bertz CT molecular complexity index is 1110. The summed E-state index contributed by atoms with van der Waals surface area (Å²) in [4.78, 5) is 38.9. The van der Waals surface area contributed by atoms with Crippen molar-refractivity contribution >= 4 is 39.6 Å². The van der Waals surface area contributed by atoms with E-state index in [0.29, 0.717) is 26.2 Å². The number of hydrogen-bond acceptors (Lipinski definition) is 9. The molecule has 0 spiro atoms. The second kappa shape index (κ2) is 12.1. The molecule has 0 aliphatic rings. The van der Waals surface area contributed by atoms with Crippen molar-refractivity contribution in [2.24, 2.45) is 0 Å². The first kappa shape index (κ1) is 26.0. The number of sulfonamides is 1. The van der Waals surface area contributed by atoms with Crippen molar-refractivity contribution in [2.45, 2.75) is 18.2 Å². The number of amides is 2. The maximum absolute atomic E-state index is 12.6. The van der Waals surface area contributed by atoms with E-state index < -0.39 is 28.0 Å². The van der Waals surface area contributed by atoms with Gasteiger partial charge in [0.25, 0.3) is 21.8 Å². The summed E-state index contributed by atoms with van der Waals surface area (Å²) in [7, 11) is -3.24. The first-order valence-corrected chi connectivity index (χ1v) is 11.5. The van der Waals surface area contributed by atoms with Crippen molar-refractivity contribution in [3.8, 4) is 5.88 Å². The summed E-state index contributed by atoms with van der Waals surface area (Å²) in [6.45, 7) is 3.34. The number of rotatable bonds is 10. The minimum atomic E-state index is -4.35. The molecule has 2 aromatic rings. The van der Waals surface area contributed by atoms with Gasteiger partial charge in [-0.05, 0) is 37.6 Å². The fraction of sp³-hybridized carbons (Fsp3) is 0.300. The second-order valence-corrected chi connectivity index (χ2v) is 8.39. The highest BCUT2D eigenvalue weighted by Crippen LogP contribution is 2.23. The molecule has 1 aromatic carbocycles. The van der Waals surface area contributed by atoms with E-state index in [1.807, 2.05) is 11.6 Å². The summed E-state index contributed by atoms with van der Waals surface area (Å²) in [5.41, 5.74) is 0.0436. The molecule has 0 fully saturated rings. The fourth-order valence-electron chi connectivity index (χ4n) is 2.42. The van der Waals surface area contributed by atoms with Crippen molar-refractivity contribution < 1.29 is 37.0 Å². The van der Waals surface area contributed by atoms with Gasteiger partial charge in [-0.1, -0.05) is 11.6 Å². The Morgan fingerprint density at radius 1 is 1.09 bits per heavy atom. The molecule has 13 heteroatoms. The van der Waals surface area contributed by atoms with Crippen LogP contribution in [0.25, 0.3) is 0 Å². The molecule has 0 unspecified atom stereocenters. The predicted molar refractivity (Wildman–Crippen MR) is 117 cm³/mol. The molecule has 0 radical (unpaired) electrons. The van der Waals surface area contributed by atoms with Gasteiger partial charge < -0.3 is 19.5 Å². The molecular formula is C20H22ClN3O8S. The number of carbonyl (C=O) groups excluding carboxylic acids is 3. The molecule has 0 aliphatic heterocycles. The molecule has 0 atom stereocenters. The molecule has 2 N–H and O–H groups in total. The summed E-state index contributed by atoms with van der Waals surface area (Å²) in [5, 5.41) is 2.44. The van der Waals surface area contributed by atoms with Crippen LogP contribution in [0, 0.1) is 0 Å². The van der Waals surface area contributed by atoms with Crippen molar-refractivity contribution in [3.05, 3.63) is 52.7 Å². The van der Waals surface area contributed by atoms with Gasteiger partial charge >= 0.3 is 6.16 Å². The quantitative estimate of drug-likeness (QED) is 0.370. The van der Waals surface area contributed by atoms with Crippen LogP contribution >= 0.6 is 11.6 Å². The van der Waals surface area contributed by atoms with E-state index in [1.54, 1.807) is 0 Å². The number of carbonyl (C=O) groups is 3. The third-order valence-corrected chi connectivity index (χ3v) is 5.83. The van der Waals surface area contributed by atoms with E-state index >= 15 is 0 Å². The standard InChI is InChI=1S/C20H22ClN3O8S/c1-3-31-10-4-9-22-18(25)13-5-7-16(15(21)11-13)33(28,29)24-19(26)14-6-8-17(23-12-14)32-20(27)30-2/h5-8,11-12H,3-4,9-10H2,1-2H3,(H,22,25)(H,24,26). The van der Waals surface area contributed by atoms with E-state index in [1.165, 1.54) is 24.3 Å². The number of methoxy groups -OCH3 is 1. The zero-order chi connectivity index (χ0) is 24.4. The number of pyridine rings is 1. The SMILES string of the molecule is CCOCCCNC(=O)c1ccc(S(=O)(=O)NC(=O)c2ccc(OC(=O)OC)nc2)c(Cl)c1. The zero-order valence-electron chi connectivity index (χ0n) is 17.8. The maximum atomic E-state index is 12.6. The Kier molecular flexibility index (Phi) is 9.57. The number of nitrogens with zero attached hydrogens (tertiary/aromatic N) is 1. The van der Waals surface area contributed by atoms with Crippen LogP contribution in [-0.4, -0.2) is 58.2 Å². The van der Waals surface area contributed by atoms with Gasteiger partial charge in [0.2, 0.25) is 5.88 Å². The largest absolute Gasteiger partial charge is 0.514 e. The lowest BCUT2D eigenvalue weighted by Gasteiger charge is -2.10. The van der Waals surface area contributed by atoms with Crippen molar-refractivity contribution in [2.75, 3.05) is 26.9 Å². The van der Waals surface area contributed by atoms with Crippen LogP contribution in [0.2, 0.25) is 5.02 Å². The second-order valence-electron chi connectivity index (χ2n) is 6.33. The molecule has 2 amide bonds. The molecule has 11 nitrogen and oxygen atoms in total. The number of ether oxygens (including phenoxy) is 3. The zero-order valence-corrected chi connectivity index (χ0v) is 19.4. The van der Waals surface area contributed by atoms with Crippen molar-refractivity contribution in [1.82, 2.24) is 15.0 Å². The van der Waals surface area contributed by atoms with E-state index in [4.69, 9.17) is 16.3 Å². The number of halogens is 1. The summed E-state index contributed by atoms with van der Waals surface area (Å²) < 4.78 is 41.2. The average Bonchev–Trinajstić information content (AvgIpc) is 2.78.